The van der Waals surface area contributed by atoms with Gasteiger partial charge in [-0.3, -0.25) is 0 Å². The Morgan fingerprint density at radius 2 is 1.88 bits per heavy atom. The highest BCUT2D eigenvalue weighted by Crippen LogP contribution is 2.32. The van der Waals surface area contributed by atoms with Gasteiger partial charge in [-0.15, -0.1) is 0 Å². The number of nitrogens with one attached hydrogen (secondary N) is 1. The molecule has 0 aromatic rings. The minimum Gasteiger partial charge on any atom is -0.336 e. The Morgan fingerprint density at radius 1 is 1.24 bits per heavy atom. The Bertz CT molecular complexity index is 401. The topological polar surface area (TPSA) is 66.5 Å². The van der Waals surface area contributed by atoms with Gasteiger partial charge in [0.2, 0.25) is 0 Å². The van der Waals surface area contributed by atoms with Crippen molar-refractivity contribution >= 4 is 15.9 Å². The van der Waals surface area contributed by atoms with Crippen molar-refractivity contribution in [1.29, 1.82) is 0 Å². The van der Waals surface area contributed by atoms with Gasteiger partial charge in [0.05, 0.1) is 11.5 Å². The monoisotopic (exact) mass is 260 g/mol. The van der Waals surface area contributed by atoms with E-state index in [0.717, 1.165) is 12.8 Å². The third kappa shape index (κ3) is 3.12. The smallest absolute Gasteiger partial charge is 0.318 e. The fourth-order valence-electron chi connectivity index (χ4n) is 2.30. The number of sulfone groups is 1. The number of hydrogen-bond donors (Lipinski definition) is 1. The van der Waals surface area contributed by atoms with Gasteiger partial charge in [0, 0.05) is 18.1 Å². The average molecular weight is 260 g/mol. The summed E-state index contributed by atoms with van der Waals surface area (Å²) in [5, 5.41) is 2.86. The number of rotatable bonds is 3. The molecule has 0 spiro atoms. The number of carbonyl (C=O) groups excluding carboxylic acids is 1. The predicted octanol–water partition coefficient (Wildman–Crippen LogP) is 0.756. The van der Waals surface area contributed by atoms with Crippen molar-refractivity contribution in [2.24, 2.45) is 0 Å². The zero-order valence-corrected chi connectivity index (χ0v) is 11.2. The first-order valence-corrected chi connectivity index (χ1v) is 8.00. The minimum atomic E-state index is -2.93. The third-order valence-corrected chi connectivity index (χ3v) is 4.94. The fraction of sp³-hybridized carbons (Fsp3) is 0.909. The molecule has 0 aromatic carbocycles. The highest BCUT2D eigenvalue weighted by atomic mass is 32.2. The molecule has 17 heavy (non-hydrogen) atoms. The van der Waals surface area contributed by atoms with E-state index in [0.29, 0.717) is 6.42 Å². The molecule has 0 bridgehead atoms. The van der Waals surface area contributed by atoms with E-state index in [1.54, 1.807) is 4.90 Å². The number of nitrogens with zero attached hydrogens (tertiary/aromatic N) is 1. The second-order valence-electron chi connectivity index (χ2n) is 5.30. The van der Waals surface area contributed by atoms with Crippen LogP contribution in [-0.2, 0) is 9.84 Å². The van der Waals surface area contributed by atoms with Crippen LogP contribution in [0.2, 0.25) is 0 Å². The van der Waals surface area contributed by atoms with Gasteiger partial charge in [-0.05, 0) is 33.1 Å². The summed E-state index contributed by atoms with van der Waals surface area (Å²) in [7, 11) is -2.93. The molecule has 1 N–H and O–H groups in total. The number of amides is 2. The van der Waals surface area contributed by atoms with Crippen LogP contribution in [0.15, 0.2) is 0 Å². The maximum absolute atomic E-state index is 12.1. The Morgan fingerprint density at radius 3 is 2.29 bits per heavy atom. The SMILES string of the molecule is CC(C)NC(=O)N(C1CC1)C1CCS(=O)(=O)C1. The molecule has 1 heterocycles. The summed E-state index contributed by atoms with van der Waals surface area (Å²) in [4.78, 5) is 13.8. The van der Waals surface area contributed by atoms with Gasteiger partial charge in [0.15, 0.2) is 9.84 Å². The van der Waals surface area contributed by atoms with Crippen LogP contribution in [0.1, 0.15) is 33.1 Å². The Balaban J connectivity index is 2.05. The standard InChI is InChI=1S/C11H20N2O3S/c1-8(2)12-11(14)13(9-3-4-9)10-5-6-17(15,16)7-10/h8-10H,3-7H2,1-2H3,(H,12,14). The lowest BCUT2D eigenvalue weighted by atomic mass is 10.2. The van der Waals surface area contributed by atoms with E-state index < -0.39 is 9.84 Å². The summed E-state index contributed by atoms with van der Waals surface area (Å²) in [5.74, 6) is 0.352. The maximum Gasteiger partial charge on any atom is 0.318 e. The molecule has 2 fully saturated rings. The first-order valence-electron chi connectivity index (χ1n) is 6.18. The summed E-state index contributed by atoms with van der Waals surface area (Å²) in [6, 6.07) is 0.115. The van der Waals surface area contributed by atoms with Gasteiger partial charge in [-0.2, -0.15) is 0 Å². The first kappa shape index (κ1) is 12.7. The van der Waals surface area contributed by atoms with Crippen LogP contribution in [0.5, 0.6) is 0 Å². The van der Waals surface area contributed by atoms with E-state index in [1.165, 1.54) is 0 Å². The average Bonchev–Trinajstić information content (AvgIpc) is 2.91. The zero-order chi connectivity index (χ0) is 12.6. The van der Waals surface area contributed by atoms with Crippen molar-refractivity contribution in [3.63, 3.8) is 0 Å². The van der Waals surface area contributed by atoms with Crippen LogP contribution in [0, 0.1) is 0 Å². The molecular formula is C11H20N2O3S. The van der Waals surface area contributed by atoms with E-state index in [2.05, 4.69) is 5.32 Å². The van der Waals surface area contributed by atoms with Crippen molar-refractivity contribution in [3.8, 4) is 0 Å². The molecule has 6 heteroatoms. The van der Waals surface area contributed by atoms with Gasteiger partial charge in [0.25, 0.3) is 0 Å². The molecule has 1 saturated carbocycles. The molecule has 2 aliphatic rings. The Labute approximate surface area is 102 Å². The summed E-state index contributed by atoms with van der Waals surface area (Å²) in [5.41, 5.74) is 0. The normalized spacial score (nSPS) is 27.1. The van der Waals surface area contributed by atoms with E-state index in [1.807, 2.05) is 13.8 Å². The zero-order valence-electron chi connectivity index (χ0n) is 10.3. The molecule has 1 aliphatic heterocycles. The van der Waals surface area contributed by atoms with Gasteiger partial charge < -0.3 is 10.2 Å². The first-order chi connectivity index (χ1) is 7.89. The van der Waals surface area contributed by atoms with Crippen LogP contribution in [0.3, 0.4) is 0 Å². The van der Waals surface area contributed by atoms with Gasteiger partial charge >= 0.3 is 6.03 Å². The molecular weight excluding hydrogens is 240 g/mol. The Kier molecular flexibility index (Phi) is 3.34. The highest BCUT2D eigenvalue weighted by molar-refractivity contribution is 7.91. The van der Waals surface area contributed by atoms with Gasteiger partial charge in [-0.1, -0.05) is 0 Å². The largest absolute Gasteiger partial charge is 0.336 e. The lowest BCUT2D eigenvalue weighted by Gasteiger charge is -2.29. The number of hydrogen-bond acceptors (Lipinski definition) is 3. The molecule has 5 nitrogen and oxygen atoms in total. The molecule has 2 rings (SSSR count). The molecule has 0 aromatic heterocycles. The van der Waals surface area contributed by atoms with Crippen molar-refractivity contribution in [2.45, 2.75) is 51.2 Å². The second-order valence-corrected chi connectivity index (χ2v) is 7.53. The maximum atomic E-state index is 12.1. The number of carbonyl (C=O) groups is 1. The van der Waals surface area contributed by atoms with Crippen LogP contribution in [0.25, 0.3) is 0 Å². The van der Waals surface area contributed by atoms with Crippen molar-refractivity contribution in [3.05, 3.63) is 0 Å². The summed E-state index contributed by atoms with van der Waals surface area (Å²) >= 11 is 0. The van der Waals surface area contributed by atoms with Crippen molar-refractivity contribution in [1.82, 2.24) is 10.2 Å². The third-order valence-electron chi connectivity index (χ3n) is 3.19. The van der Waals surface area contributed by atoms with Gasteiger partial charge in [0.1, 0.15) is 0 Å². The lowest BCUT2D eigenvalue weighted by Crippen LogP contribution is -2.49. The molecule has 2 amide bonds. The summed E-state index contributed by atoms with van der Waals surface area (Å²) in [6.45, 7) is 3.82. The second kappa shape index (κ2) is 4.48. The summed E-state index contributed by atoms with van der Waals surface area (Å²) in [6.07, 6.45) is 2.59. The number of urea groups is 1. The van der Waals surface area contributed by atoms with Crippen LogP contribution in [-0.4, -0.2) is 49.0 Å². The molecule has 1 atom stereocenters. The molecule has 1 aliphatic carbocycles. The lowest BCUT2D eigenvalue weighted by molar-refractivity contribution is 0.173. The Hall–Kier alpha value is -0.780. The van der Waals surface area contributed by atoms with Crippen molar-refractivity contribution in [2.75, 3.05) is 11.5 Å². The summed E-state index contributed by atoms with van der Waals surface area (Å²) < 4.78 is 22.9. The van der Waals surface area contributed by atoms with Crippen LogP contribution >= 0.6 is 0 Å². The molecule has 1 unspecified atom stereocenters. The molecule has 1 saturated heterocycles. The van der Waals surface area contributed by atoms with Crippen LogP contribution in [0.4, 0.5) is 4.79 Å². The highest BCUT2D eigenvalue weighted by Gasteiger charge is 2.42. The predicted molar refractivity (Wildman–Crippen MR) is 65.6 cm³/mol. The molecule has 98 valence electrons. The minimum absolute atomic E-state index is 0.0850. The quantitative estimate of drug-likeness (QED) is 0.814. The van der Waals surface area contributed by atoms with E-state index >= 15 is 0 Å². The fourth-order valence-corrected chi connectivity index (χ4v) is 4.01. The van der Waals surface area contributed by atoms with E-state index in [-0.39, 0.29) is 35.7 Å². The molecule has 0 radical (unpaired) electrons. The van der Waals surface area contributed by atoms with Crippen molar-refractivity contribution < 1.29 is 13.2 Å². The van der Waals surface area contributed by atoms with E-state index in [4.69, 9.17) is 0 Å². The van der Waals surface area contributed by atoms with Gasteiger partial charge in [-0.25, -0.2) is 13.2 Å². The van der Waals surface area contributed by atoms with E-state index in [9.17, 15) is 13.2 Å². The van der Waals surface area contributed by atoms with Crippen LogP contribution < -0.4 is 5.32 Å².